The van der Waals surface area contributed by atoms with Gasteiger partial charge < -0.3 is 31.6 Å². The third-order valence-corrected chi connectivity index (χ3v) is 10.4. The number of fused-ring (bicyclic) bond motifs is 1. The minimum atomic E-state index is -1.28. The second-order valence-electron chi connectivity index (χ2n) is 13.6. The standard InChI is InChI=1S/C41H43Cl2F2N7O3.2ClH/c42-32-9-6-10-33(43)31(32)25-52-24-28(23-51-17-4-5-18-51)30-13-12-29(21-38(30)52)48-41(55)50-37(20-27-11-14-34(44)35(45)19-27)40(54)49-36(15-16-46)39(53)47-22-26-7-2-1-3-8-26;;/h1-3,6-14,19,21,24,36-37H,4-5,15-18,20,22-23,25,46H2,(H,47,53)(H,49,54)(H2,48,50,55);2*1H/t36-,37-;;/m0../s1. The van der Waals surface area contributed by atoms with Crippen molar-refractivity contribution in [2.24, 2.45) is 5.73 Å². The predicted molar refractivity (Wildman–Crippen MR) is 226 cm³/mol. The van der Waals surface area contributed by atoms with Gasteiger partial charge in [-0.15, -0.1) is 24.8 Å². The van der Waals surface area contributed by atoms with Gasteiger partial charge in [0, 0.05) is 52.4 Å². The average molecular weight is 864 g/mol. The number of nitrogens with zero attached hydrogens (tertiary/aromatic N) is 2. The number of amides is 4. The monoisotopic (exact) mass is 861 g/mol. The number of anilines is 1. The van der Waals surface area contributed by atoms with Crippen molar-refractivity contribution in [3.05, 3.63) is 135 Å². The number of urea groups is 1. The van der Waals surface area contributed by atoms with E-state index in [0.717, 1.165) is 72.2 Å². The quantitative estimate of drug-likeness (QED) is 0.0740. The summed E-state index contributed by atoms with van der Waals surface area (Å²) in [6, 6.07) is 20.4. The van der Waals surface area contributed by atoms with Gasteiger partial charge in [-0.05, 0) is 92.0 Å². The molecule has 1 fully saturated rings. The number of hydrogen-bond acceptors (Lipinski definition) is 5. The van der Waals surface area contributed by atoms with Crippen molar-refractivity contribution in [1.82, 2.24) is 25.4 Å². The zero-order valence-corrected chi connectivity index (χ0v) is 34.1. The first-order valence-electron chi connectivity index (χ1n) is 18.2. The van der Waals surface area contributed by atoms with Crippen LogP contribution >= 0.6 is 48.0 Å². The first-order valence-corrected chi connectivity index (χ1v) is 18.9. The van der Waals surface area contributed by atoms with E-state index in [1.54, 1.807) is 24.3 Å². The summed E-state index contributed by atoms with van der Waals surface area (Å²) in [5.41, 5.74) is 10.1. The highest BCUT2D eigenvalue weighted by Gasteiger charge is 2.27. The fraction of sp³-hybridized carbons (Fsp3) is 0.293. The van der Waals surface area contributed by atoms with E-state index < -0.39 is 41.6 Å². The highest BCUT2D eigenvalue weighted by atomic mass is 35.5. The van der Waals surface area contributed by atoms with Crippen LogP contribution in [0, 0.1) is 11.6 Å². The number of aromatic nitrogens is 1. The van der Waals surface area contributed by atoms with Gasteiger partial charge >= 0.3 is 6.03 Å². The Morgan fingerprint density at radius 3 is 2.18 bits per heavy atom. The fourth-order valence-corrected chi connectivity index (χ4v) is 7.31. The van der Waals surface area contributed by atoms with Gasteiger partial charge in [-0.2, -0.15) is 0 Å². The Hall–Kier alpha value is -4.43. The highest BCUT2D eigenvalue weighted by Crippen LogP contribution is 2.31. The van der Waals surface area contributed by atoms with E-state index in [2.05, 4.69) is 36.9 Å². The number of nitrogens with two attached hydrogens (primary N) is 1. The van der Waals surface area contributed by atoms with E-state index in [-0.39, 0.29) is 56.3 Å². The smallest absolute Gasteiger partial charge is 0.319 e. The second-order valence-corrected chi connectivity index (χ2v) is 14.5. The molecule has 0 saturated carbocycles. The summed E-state index contributed by atoms with van der Waals surface area (Å²) in [6.07, 6.45) is 4.32. The summed E-state index contributed by atoms with van der Waals surface area (Å²) in [6.45, 7) is 3.53. The van der Waals surface area contributed by atoms with Crippen molar-refractivity contribution in [2.75, 3.05) is 25.0 Å². The summed E-state index contributed by atoms with van der Waals surface area (Å²) >= 11 is 13.1. The fourth-order valence-electron chi connectivity index (χ4n) is 6.79. The summed E-state index contributed by atoms with van der Waals surface area (Å²) in [5.74, 6) is -3.31. The lowest BCUT2D eigenvalue weighted by Crippen LogP contribution is -2.55. The molecule has 6 rings (SSSR count). The van der Waals surface area contributed by atoms with Crippen LogP contribution < -0.4 is 27.0 Å². The summed E-state index contributed by atoms with van der Waals surface area (Å²) < 4.78 is 30.1. The maximum Gasteiger partial charge on any atom is 0.319 e. The maximum atomic E-state index is 14.2. The molecule has 57 heavy (non-hydrogen) atoms. The van der Waals surface area contributed by atoms with Crippen LogP contribution in [-0.2, 0) is 35.6 Å². The van der Waals surface area contributed by atoms with E-state index >= 15 is 0 Å². The first-order chi connectivity index (χ1) is 26.6. The van der Waals surface area contributed by atoms with Crippen molar-refractivity contribution >= 4 is 82.5 Å². The van der Waals surface area contributed by atoms with E-state index in [1.165, 1.54) is 6.07 Å². The molecule has 1 aliphatic heterocycles. The van der Waals surface area contributed by atoms with E-state index in [9.17, 15) is 23.2 Å². The Morgan fingerprint density at radius 2 is 1.49 bits per heavy atom. The largest absolute Gasteiger partial charge is 0.350 e. The SMILES string of the molecule is Cl.Cl.NCC[C@H](NC(=O)[C@H](Cc1ccc(F)c(F)c1)NC(=O)Nc1ccc2c(CN3CCCC3)cn(Cc3c(Cl)cccc3Cl)c2c1)C(=O)NCc1ccccc1. The van der Waals surface area contributed by atoms with Gasteiger partial charge in [-0.25, -0.2) is 13.6 Å². The molecule has 10 nitrogen and oxygen atoms in total. The van der Waals surface area contributed by atoms with Gasteiger partial charge in [-0.1, -0.05) is 71.7 Å². The minimum Gasteiger partial charge on any atom is -0.350 e. The molecule has 2 heterocycles. The number of likely N-dealkylation sites (tertiary alicyclic amines) is 1. The van der Waals surface area contributed by atoms with Gasteiger partial charge in [0.2, 0.25) is 11.8 Å². The van der Waals surface area contributed by atoms with Crippen molar-refractivity contribution in [1.29, 1.82) is 0 Å². The average Bonchev–Trinajstić information content (AvgIpc) is 3.81. The zero-order valence-electron chi connectivity index (χ0n) is 30.9. The van der Waals surface area contributed by atoms with Crippen LogP contribution in [0.3, 0.4) is 0 Å². The maximum absolute atomic E-state index is 14.2. The Balaban J connectivity index is 0.00000360. The number of carbonyl (C=O) groups excluding carboxylic acids is 3. The third kappa shape index (κ3) is 12.0. The number of carbonyl (C=O) groups is 3. The topological polar surface area (TPSA) is 134 Å². The van der Waals surface area contributed by atoms with E-state index in [4.69, 9.17) is 28.9 Å². The second kappa shape index (κ2) is 21.4. The molecule has 2 atom stereocenters. The molecule has 0 spiro atoms. The Bertz CT molecular complexity index is 2130. The van der Waals surface area contributed by atoms with Crippen LogP contribution in [-0.4, -0.2) is 59.0 Å². The summed E-state index contributed by atoms with van der Waals surface area (Å²) in [5, 5.41) is 13.1. The van der Waals surface area contributed by atoms with Crippen molar-refractivity contribution < 1.29 is 23.2 Å². The van der Waals surface area contributed by atoms with Gasteiger partial charge in [0.05, 0.1) is 12.1 Å². The molecule has 6 N–H and O–H groups in total. The Labute approximate surface area is 352 Å². The van der Waals surface area contributed by atoms with Gasteiger partial charge in [-0.3, -0.25) is 14.5 Å². The molecule has 4 amide bonds. The molecule has 304 valence electrons. The van der Waals surface area contributed by atoms with Crippen LogP contribution in [0.1, 0.15) is 41.5 Å². The number of benzene rings is 4. The van der Waals surface area contributed by atoms with Crippen molar-refractivity contribution in [3.8, 4) is 0 Å². The lowest BCUT2D eigenvalue weighted by Gasteiger charge is -2.23. The molecule has 0 aliphatic carbocycles. The third-order valence-electron chi connectivity index (χ3n) is 9.65. The van der Waals surface area contributed by atoms with Crippen LogP contribution in [0.2, 0.25) is 10.0 Å². The van der Waals surface area contributed by atoms with Crippen LogP contribution in [0.25, 0.3) is 10.9 Å². The molecule has 1 aliphatic rings. The van der Waals surface area contributed by atoms with Crippen LogP contribution in [0.4, 0.5) is 19.3 Å². The Kier molecular flexibility index (Phi) is 17.0. The van der Waals surface area contributed by atoms with E-state index in [0.29, 0.717) is 22.3 Å². The lowest BCUT2D eigenvalue weighted by atomic mass is 10.0. The molecule has 1 saturated heterocycles. The van der Waals surface area contributed by atoms with Gasteiger partial charge in [0.25, 0.3) is 0 Å². The van der Waals surface area contributed by atoms with E-state index in [1.807, 2.05) is 42.5 Å². The first kappa shape index (κ1) is 45.3. The molecule has 0 radical (unpaired) electrons. The molecular weight excluding hydrogens is 818 g/mol. The van der Waals surface area contributed by atoms with Crippen molar-refractivity contribution in [3.63, 3.8) is 0 Å². The Morgan fingerprint density at radius 1 is 0.772 bits per heavy atom. The number of halogens is 6. The van der Waals surface area contributed by atoms with Crippen LogP contribution in [0.5, 0.6) is 0 Å². The molecular formula is C41H45Cl4F2N7O3. The summed E-state index contributed by atoms with van der Waals surface area (Å²) in [7, 11) is 0. The molecule has 0 bridgehead atoms. The molecule has 16 heteroatoms. The predicted octanol–water partition coefficient (Wildman–Crippen LogP) is 7.60. The molecule has 4 aromatic carbocycles. The normalized spacial score (nSPS) is 13.6. The molecule has 0 unspecified atom stereocenters. The van der Waals surface area contributed by atoms with Gasteiger partial charge in [0.15, 0.2) is 11.6 Å². The molecule has 1 aromatic heterocycles. The summed E-state index contributed by atoms with van der Waals surface area (Å²) in [4.78, 5) is 42.9. The van der Waals surface area contributed by atoms with Crippen LogP contribution in [0.15, 0.2) is 91.1 Å². The van der Waals surface area contributed by atoms with Gasteiger partial charge in [0.1, 0.15) is 12.1 Å². The lowest BCUT2D eigenvalue weighted by molar-refractivity contribution is -0.130. The number of rotatable bonds is 15. The minimum absolute atomic E-state index is 0. The zero-order chi connectivity index (χ0) is 38.9. The molecule has 5 aromatic rings. The highest BCUT2D eigenvalue weighted by molar-refractivity contribution is 6.36. The number of nitrogens with one attached hydrogen (secondary N) is 4. The number of hydrogen-bond donors (Lipinski definition) is 5. The van der Waals surface area contributed by atoms with Crippen molar-refractivity contribution in [2.45, 2.75) is 57.4 Å².